The molecule has 7 aromatic carbocycles. The molecule has 0 aliphatic carbocycles. The minimum atomic E-state index is -2.16. The molecule has 3 unspecified atom stereocenters. The highest BCUT2D eigenvalue weighted by Gasteiger charge is 2.38. The molecule has 120 heavy (non-hydrogen) atoms. The Morgan fingerprint density at radius 3 is 0.950 bits per heavy atom. The number of fused-ring (bicyclic) bond motifs is 1. The summed E-state index contributed by atoms with van der Waals surface area (Å²) < 4.78 is 75.7. The third kappa shape index (κ3) is 21.8. The number of aryl methyl sites for hydroxylation is 11. The number of nitrogens with zero attached hydrogens (tertiary/aromatic N) is 9. The summed E-state index contributed by atoms with van der Waals surface area (Å²) in [5.41, 5.74) is 31.1. The fourth-order valence-corrected chi connectivity index (χ4v) is 16.1. The third-order valence-electron chi connectivity index (χ3n) is 27.0. The molecule has 0 fully saturated rings. The van der Waals surface area contributed by atoms with Crippen molar-refractivity contribution in [3.8, 4) is 33.8 Å². The second kappa shape index (κ2) is 39.9. The predicted octanol–water partition coefficient (Wildman–Crippen LogP) is 27.3. The van der Waals surface area contributed by atoms with E-state index in [4.69, 9.17) is 12.3 Å². The van der Waals surface area contributed by atoms with Crippen LogP contribution in [-0.2, 0) is 53.6 Å². The Balaban J connectivity index is 0.000000193. The van der Waals surface area contributed by atoms with Crippen LogP contribution in [0.3, 0.4) is 0 Å². The van der Waals surface area contributed by atoms with E-state index in [0.717, 1.165) is 89.2 Å². The van der Waals surface area contributed by atoms with Crippen LogP contribution < -0.4 is 33.3 Å². The van der Waals surface area contributed by atoms with Crippen molar-refractivity contribution >= 4 is 28.4 Å². The molecule has 9 nitrogen and oxygen atoms in total. The summed E-state index contributed by atoms with van der Waals surface area (Å²) in [6.45, 7) is 56.4. The van der Waals surface area contributed by atoms with Crippen LogP contribution in [0.5, 0.6) is 0 Å². The van der Waals surface area contributed by atoms with E-state index in [1.54, 1.807) is 18.3 Å². The van der Waals surface area contributed by atoms with Crippen LogP contribution in [0, 0.1) is 55.3 Å². The average molecular weight is 1630 g/mol. The molecule has 0 saturated heterocycles. The molecule has 9 heteroatoms. The molecule has 13 rings (SSSR count). The standard InChI is InChI=1S/2C24H36N.C23H34N.C16H18N2.2C12H16N2/c2*1-10-23(5,6)20-15-22(19-13-12-17(3)14-18(19)4)25(9)16-21(20)24(7,8)11-2;1-9-22(4,5)19-15-21(18-14-12-11-13-17(18)3)24(8)16-20(19)23(6,7)10-2;1-12-8-4-5-9-14(12)18-13(2)17(3)15-10-6-7-11-16(15)18;2*1-10-6-4-5-7-12(10)14-9-8-13(3)11(14)2/h2*12-16H,10-11H2,1-9H3;11-16H,9-10H2,1-8H3;4-11,13H,1-3H3;2*4-9,11H,1-3H3/q3*+1;;;/i3D3;;;2*3D3;. The van der Waals surface area contributed by atoms with Gasteiger partial charge in [0.05, 0.1) is 11.4 Å². The van der Waals surface area contributed by atoms with Gasteiger partial charge in [0.1, 0.15) is 39.6 Å². The average Bonchev–Trinajstić information content (AvgIpc) is 1.70. The van der Waals surface area contributed by atoms with E-state index in [0.29, 0.717) is 11.7 Å². The first-order chi connectivity index (χ1) is 59.9. The molecule has 3 aromatic heterocycles. The van der Waals surface area contributed by atoms with Crippen LogP contribution in [-0.4, -0.2) is 49.3 Å². The first-order valence-corrected chi connectivity index (χ1v) is 44.1. The molecular formula is C111H156N9+3. The summed E-state index contributed by atoms with van der Waals surface area (Å²) in [6.07, 6.45) is 21.4. The molecule has 3 aliphatic heterocycles. The number of hydrogen-bond donors (Lipinski definition) is 0. The lowest BCUT2D eigenvalue weighted by atomic mass is 9.71. The highest BCUT2D eigenvalue weighted by molar-refractivity contribution is 5.84. The normalized spacial score (nSPS) is 16.7. The first-order valence-electron chi connectivity index (χ1n) is 48.6. The molecule has 6 heterocycles. The van der Waals surface area contributed by atoms with Gasteiger partial charge in [0.15, 0.2) is 18.6 Å². The fraction of sp³-hybridized carbons (Fsp3) is 0.450. The minimum Gasteiger partial charge on any atom is -0.359 e. The summed E-state index contributed by atoms with van der Waals surface area (Å²) in [6, 6.07) is 60.3. The van der Waals surface area contributed by atoms with Gasteiger partial charge in [-0.1, -0.05) is 245 Å². The Hall–Kier alpha value is -9.73. The van der Waals surface area contributed by atoms with Crippen molar-refractivity contribution in [3.63, 3.8) is 0 Å². The SMILES string of the molecule is CCC(C)(C)c1cc(-c2ccc(C)cc2C)[n+](C)cc1C(C)(C)CC.CCC(C)(C)c1cc(-c2ccccc2C)[n+](C)cc1C(C)(C)CC.Cc1ccccc1N1C=CN(C)C1C.[2H]C([2H])([2H])N1C=CN(c2ccccc2C)C1C.[2H]C([2H])([2H])N1c2ccccc2N(c2ccccc2C)C1C.[2H]C([2H])([2H])c1ccc(-c2cc(C(C)(C)CC)c(C(C)(C)CC)c[n+]2C)c(C)c1. The van der Waals surface area contributed by atoms with Crippen molar-refractivity contribution in [2.75, 3.05) is 40.6 Å². The van der Waals surface area contributed by atoms with Gasteiger partial charge < -0.3 is 29.4 Å². The van der Waals surface area contributed by atoms with Crippen LogP contribution in [0.4, 0.5) is 28.4 Å². The largest absolute Gasteiger partial charge is 0.359 e. The number of benzene rings is 7. The summed E-state index contributed by atoms with van der Waals surface area (Å²) >= 11 is 0. The molecule has 0 bridgehead atoms. The lowest BCUT2D eigenvalue weighted by Gasteiger charge is -2.32. The van der Waals surface area contributed by atoms with E-state index in [1.165, 1.54) is 93.6 Å². The molecule has 3 aliphatic rings. The molecule has 10 aromatic rings. The fourth-order valence-electron chi connectivity index (χ4n) is 16.1. The van der Waals surface area contributed by atoms with E-state index in [1.807, 2.05) is 125 Å². The second-order valence-electron chi connectivity index (χ2n) is 37.8. The Bertz CT molecular complexity index is 5550. The number of aromatic nitrogens is 3. The van der Waals surface area contributed by atoms with Crippen LogP contribution in [0.2, 0.25) is 0 Å². The van der Waals surface area contributed by atoms with Gasteiger partial charge in [-0.2, -0.15) is 0 Å². The van der Waals surface area contributed by atoms with Gasteiger partial charge in [0.25, 0.3) is 0 Å². The van der Waals surface area contributed by atoms with Gasteiger partial charge in [-0.05, 0) is 246 Å². The molecule has 642 valence electrons. The maximum atomic E-state index is 7.83. The van der Waals surface area contributed by atoms with Crippen molar-refractivity contribution in [2.45, 2.75) is 290 Å². The van der Waals surface area contributed by atoms with Gasteiger partial charge in [0.2, 0.25) is 17.1 Å². The van der Waals surface area contributed by atoms with Gasteiger partial charge in [0, 0.05) is 127 Å². The van der Waals surface area contributed by atoms with E-state index < -0.39 is 20.8 Å². The lowest BCUT2D eigenvalue weighted by Crippen LogP contribution is -2.37. The van der Waals surface area contributed by atoms with Gasteiger partial charge in [-0.3, -0.25) is 0 Å². The topological polar surface area (TPSA) is 31.1 Å². The second-order valence-corrected chi connectivity index (χ2v) is 37.8. The molecular weight excluding hydrogens is 1460 g/mol. The van der Waals surface area contributed by atoms with Crippen LogP contribution >= 0.6 is 0 Å². The van der Waals surface area contributed by atoms with Crippen molar-refractivity contribution < 1.29 is 26.0 Å². The Kier molecular flexibility index (Phi) is 27.4. The molecule has 0 radical (unpaired) electrons. The van der Waals surface area contributed by atoms with Gasteiger partial charge >= 0.3 is 0 Å². The first kappa shape index (κ1) is 82.6. The van der Waals surface area contributed by atoms with Gasteiger partial charge in [-0.15, -0.1) is 0 Å². The highest BCUT2D eigenvalue weighted by Crippen LogP contribution is 2.46. The zero-order valence-electron chi connectivity index (χ0n) is 88.8. The highest BCUT2D eigenvalue weighted by atomic mass is 15.4. The predicted molar refractivity (Wildman–Crippen MR) is 520 cm³/mol. The van der Waals surface area contributed by atoms with Crippen molar-refractivity contribution in [3.05, 3.63) is 297 Å². The van der Waals surface area contributed by atoms with Crippen LogP contribution in [0.25, 0.3) is 33.8 Å². The van der Waals surface area contributed by atoms with E-state index in [-0.39, 0.29) is 44.8 Å². The van der Waals surface area contributed by atoms with E-state index >= 15 is 0 Å². The summed E-state index contributed by atoms with van der Waals surface area (Å²) in [7, 11) is 8.55. The number of hydrogen-bond acceptors (Lipinski definition) is 6. The summed E-state index contributed by atoms with van der Waals surface area (Å²) in [5.74, 6) is 0. The van der Waals surface area contributed by atoms with Gasteiger partial charge in [-0.25, -0.2) is 13.7 Å². The summed E-state index contributed by atoms with van der Waals surface area (Å²) in [4.78, 5) is 11.5. The maximum Gasteiger partial charge on any atom is 0.212 e. The molecule has 0 spiro atoms. The number of anilines is 5. The van der Waals surface area contributed by atoms with Crippen molar-refractivity contribution in [1.29, 1.82) is 0 Å². The summed E-state index contributed by atoms with van der Waals surface area (Å²) in [5, 5.41) is 0. The lowest BCUT2D eigenvalue weighted by molar-refractivity contribution is -0.661. The zero-order chi connectivity index (χ0) is 96.6. The maximum absolute atomic E-state index is 7.83. The monoisotopic (exact) mass is 1620 g/mol. The van der Waals surface area contributed by atoms with Crippen molar-refractivity contribution in [2.24, 2.45) is 21.1 Å². The minimum absolute atomic E-state index is 0.0668. The number of pyridine rings is 3. The van der Waals surface area contributed by atoms with E-state index in [9.17, 15) is 0 Å². The molecule has 0 N–H and O–H groups in total. The quantitative estimate of drug-likeness (QED) is 0.0796. The molecule has 0 amide bonds. The van der Waals surface area contributed by atoms with Crippen LogP contribution in [0.15, 0.2) is 219 Å². The van der Waals surface area contributed by atoms with Crippen LogP contribution in [0.1, 0.15) is 274 Å². The smallest absolute Gasteiger partial charge is 0.212 e. The third-order valence-corrected chi connectivity index (χ3v) is 27.0. The Morgan fingerprint density at radius 2 is 0.617 bits per heavy atom. The Labute approximate surface area is 743 Å². The number of rotatable bonds is 18. The molecule has 0 saturated carbocycles. The van der Waals surface area contributed by atoms with E-state index in [2.05, 4.69) is 332 Å². The zero-order valence-corrected chi connectivity index (χ0v) is 79.8. The van der Waals surface area contributed by atoms with Crippen molar-refractivity contribution in [1.82, 2.24) is 9.80 Å². The Morgan fingerprint density at radius 1 is 0.308 bits per heavy atom. The number of para-hydroxylation sites is 5. The molecule has 3 atom stereocenters.